The van der Waals surface area contributed by atoms with E-state index < -0.39 is 5.60 Å². The van der Waals surface area contributed by atoms with E-state index >= 15 is 0 Å². The second kappa shape index (κ2) is 5.20. The molecule has 1 aromatic carbocycles. The number of hydrogen-bond donors (Lipinski definition) is 2. The maximum Gasteiger partial charge on any atom is 0.270 e. The highest BCUT2D eigenvalue weighted by Gasteiger charge is 2.39. The van der Waals surface area contributed by atoms with Crippen LogP contribution in [-0.4, -0.2) is 54.6 Å². The summed E-state index contributed by atoms with van der Waals surface area (Å²) < 4.78 is 1.59. The van der Waals surface area contributed by atoms with Crippen molar-refractivity contribution in [3.8, 4) is 0 Å². The Bertz CT molecular complexity index is 808. The first-order valence-electron chi connectivity index (χ1n) is 7.57. The van der Waals surface area contributed by atoms with E-state index in [0.717, 1.165) is 10.9 Å². The number of H-pyrrole nitrogens is 1. The van der Waals surface area contributed by atoms with Crippen molar-refractivity contribution in [3.63, 3.8) is 0 Å². The van der Waals surface area contributed by atoms with E-state index in [1.54, 1.807) is 22.0 Å². The molecule has 1 aliphatic heterocycles. The number of β-amino-alcohol motifs (C(OH)–C–C–N with tert-alkyl or cyclic N) is 1. The summed E-state index contributed by atoms with van der Waals surface area (Å²) in [6.07, 6.45) is 3.81. The molecule has 1 saturated heterocycles. The number of aromatic amines is 1. The minimum atomic E-state index is -0.963. The first-order valence-corrected chi connectivity index (χ1v) is 7.57. The van der Waals surface area contributed by atoms with Gasteiger partial charge in [-0.25, -0.2) is 4.68 Å². The summed E-state index contributed by atoms with van der Waals surface area (Å²) in [5.74, 6) is -0.0873. The molecule has 1 amide bonds. The molecule has 3 aromatic rings. The smallest absolute Gasteiger partial charge is 0.270 e. The molecule has 2 N–H and O–H groups in total. The fourth-order valence-electron chi connectivity index (χ4n) is 3.14. The van der Waals surface area contributed by atoms with Gasteiger partial charge in [-0.05, 0) is 18.6 Å². The summed E-state index contributed by atoms with van der Waals surface area (Å²) in [5.41, 5.74) is 0.527. The Labute approximate surface area is 132 Å². The number of nitrogens with one attached hydrogen (secondary N) is 1. The van der Waals surface area contributed by atoms with Crippen LogP contribution in [0.5, 0.6) is 0 Å². The van der Waals surface area contributed by atoms with Crippen molar-refractivity contribution in [3.05, 3.63) is 48.4 Å². The number of likely N-dealkylation sites (tertiary alicyclic amines) is 1. The van der Waals surface area contributed by atoms with Gasteiger partial charge in [0.2, 0.25) is 0 Å². The van der Waals surface area contributed by atoms with Crippen LogP contribution in [0.2, 0.25) is 0 Å². The lowest BCUT2D eigenvalue weighted by molar-refractivity contribution is 0.0266. The Morgan fingerprint density at radius 1 is 1.39 bits per heavy atom. The van der Waals surface area contributed by atoms with E-state index in [1.165, 1.54) is 0 Å². The van der Waals surface area contributed by atoms with Crippen LogP contribution in [0.4, 0.5) is 0 Å². The molecular formula is C16H17N5O2. The van der Waals surface area contributed by atoms with Crippen molar-refractivity contribution in [1.82, 2.24) is 24.9 Å². The molecule has 1 fully saturated rings. The third-order valence-corrected chi connectivity index (χ3v) is 4.31. The number of aliphatic hydroxyl groups is 1. The predicted octanol–water partition coefficient (Wildman–Crippen LogP) is 1.04. The van der Waals surface area contributed by atoms with Gasteiger partial charge in [-0.2, -0.15) is 0 Å². The van der Waals surface area contributed by atoms with Gasteiger partial charge in [0.1, 0.15) is 11.3 Å². The largest absolute Gasteiger partial charge is 0.386 e. The first-order chi connectivity index (χ1) is 11.1. The highest BCUT2D eigenvalue weighted by atomic mass is 16.3. The van der Waals surface area contributed by atoms with Crippen molar-refractivity contribution < 1.29 is 9.90 Å². The molecule has 2 aromatic heterocycles. The molecule has 3 heterocycles. The SMILES string of the molecule is O=C(c1cc2ccccc2[nH]1)N1CCC(O)(Cn2ccnn2)C1. The molecule has 1 aliphatic rings. The Balaban J connectivity index is 1.51. The van der Waals surface area contributed by atoms with E-state index in [2.05, 4.69) is 15.3 Å². The number of carbonyl (C=O) groups is 1. The van der Waals surface area contributed by atoms with Crippen LogP contribution in [0.15, 0.2) is 42.7 Å². The van der Waals surface area contributed by atoms with Crippen molar-refractivity contribution in [2.45, 2.75) is 18.6 Å². The van der Waals surface area contributed by atoms with Gasteiger partial charge in [-0.15, -0.1) is 5.10 Å². The number of rotatable bonds is 3. The van der Waals surface area contributed by atoms with E-state index in [1.807, 2.05) is 30.3 Å². The molecule has 1 unspecified atom stereocenters. The number of carbonyl (C=O) groups excluding carboxylic acids is 1. The average Bonchev–Trinajstić information content (AvgIpc) is 3.26. The number of benzene rings is 1. The lowest BCUT2D eigenvalue weighted by Crippen LogP contribution is -2.39. The van der Waals surface area contributed by atoms with Gasteiger partial charge in [-0.1, -0.05) is 23.4 Å². The maximum absolute atomic E-state index is 12.7. The lowest BCUT2D eigenvalue weighted by Gasteiger charge is -2.22. The van der Waals surface area contributed by atoms with Crippen LogP contribution in [-0.2, 0) is 6.54 Å². The number of nitrogens with zero attached hydrogens (tertiary/aromatic N) is 4. The second-order valence-electron chi connectivity index (χ2n) is 6.07. The molecule has 0 radical (unpaired) electrons. The first kappa shape index (κ1) is 14.0. The molecule has 1 atom stereocenters. The summed E-state index contributed by atoms with van der Waals surface area (Å²) in [6, 6.07) is 9.63. The van der Waals surface area contributed by atoms with Gasteiger partial charge in [0.05, 0.1) is 19.3 Å². The zero-order chi connectivity index (χ0) is 15.9. The highest BCUT2D eigenvalue weighted by molar-refractivity contribution is 5.98. The summed E-state index contributed by atoms with van der Waals surface area (Å²) in [6.45, 7) is 1.16. The molecule has 23 heavy (non-hydrogen) atoms. The molecule has 7 nitrogen and oxygen atoms in total. The molecule has 0 aliphatic carbocycles. The fraction of sp³-hybridized carbons (Fsp3) is 0.312. The topological polar surface area (TPSA) is 87.0 Å². The third kappa shape index (κ3) is 2.59. The summed E-state index contributed by atoms with van der Waals surface area (Å²) in [7, 11) is 0. The zero-order valence-electron chi connectivity index (χ0n) is 12.5. The van der Waals surface area contributed by atoms with Crippen LogP contribution in [0.1, 0.15) is 16.9 Å². The van der Waals surface area contributed by atoms with Gasteiger partial charge in [0.25, 0.3) is 5.91 Å². The van der Waals surface area contributed by atoms with E-state index in [9.17, 15) is 9.90 Å². The van der Waals surface area contributed by atoms with Gasteiger partial charge in [0, 0.05) is 23.6 Å². The van der Waals surface area contributed by atoms with Crippen LogP contribution in [0.25, 0.3) is 10.9 Å². The average molecular weight is 311 g/mol. The van der Waals surface area contributed by atoms with Crippen LogP contribution in [0, 0.1) is 0 Å². The number of hydrogen-bond acceptors (Lipinski definition) is 4. The Morgan fingerprint density at radius 3 is 3.04 bits per heavy atom. The normalized spacial score (nSPS) is 21.2. The number of aromatic nitrogens is 4. The highest BCUT2D eigenvalue weighted by Crippen LogP contribution is 2.25. The van der Waals surface area contributed by atoms with Crippen molar-refractivity contribution in [2.75, 3.05) is 13.1 Å². The number of fused-ring (bicyclic) bond motifs is 1. The quantitative estimate of drug-likeness (QED) is 0.756. The van der Waals surface area contributed by atoms with Gasteiger partial charge < -0.3 is 15.0 Å². The molecular weight excluding hydrogens is 294 g/mol. The fourth-order valence-corrected chi connectivity index (χ4v) is 3.14. The third-order valence-electron chi connectivity index (χ3n) is 4.31. The monoisotopic (exact) mass is 311 g/mol. The summed E-state index contributed by atoms with van der Waals surface area (Å²) in [5, 5.41) is 19.3. The Hall–Kier alpha value is -2.67. The second-order valence-corrected chi connectivity index (χ2v) is 6.07. The molecule has 4 rings (SSSR count). The molecule has 0 bridgehead atoms. The number of para-hydroxylation sites is 1. The van der Waals surface area contributed by atoms with Gasteiger partial charge >= 0.3 is 0 Å². The van der Waals surface area contributed by atoms with Crippen LogP contribution < -0.4 is 0 Å². The minimum Gasteiger partial charge on any atom is -0.386 e. The zero-order valence-corrected chi connectivity index (χ0v) is 12.5. The van der Waals surface area contributed by atoms with E-state index in [0.29, 0.717) is 31.7 Å². The van der Waals surface area contributed by atoms with E-state index in [4.69, 9.17) is 0 Å². The predicted molar refractivity (Wildman–Crippen MR) is 83.8 cm³/mol. The Morgan fingerprint density at radius 2 is 2.26 bits per heavy atom. The van der Waals surface area contributed by atoms with Crippen molar-refractivity contribution in [2.24, 2.45) is 0 Å². The molecule has 7 heteroatoms. The minimum absolute atomic E-state index is 0.0873. The maximum atomic E-state index is 12.7. The van der Waals surface area contributed by atoms with E-state index in [-0.39, 0.29) is 5.91 Å². The molecule has 0 spiro atoms. The van der Waals surface area contributed by atoms with Crippen LogP contribution >= 0.6 is 0 Å². The van der Waals surface area contributed by atoms with Crippen LogP contribution in [0.3, 0.4) is 0 Å². The van der Waals surface area contributed by atoms with Crippen molar-refractivity contribution in [1.29, 1.82) is 0 Å². The lowest BCUT2D eigenvalue weighted by atomic mass is 10.0. The number of amides is 1. The van der Waals surface area contributed by atoms with Gasteiger partial charge in [0.15, 0.2) is 0 Å². The van der Waals surface area contributed by atoms with Gasteiger partial charge in [-0.3, -0.25) is 4.79 Å². The standard InChI is InChI=1S/C16H17N5O2/c22-15(14-9-12-3-1-2-4-13(12)18-14)20-7-5-16(23,10-20)11-21-8-6-17-19-21/h1-4,6,8-9,18,23H,5,7,10-11H2. The molecule has 118 valence electrons. The Kier molecular flexibility index (Phi) is 3.16. The summed E-state index contributed by atoms with van der Waals surface area (Å²) in [4.78, 5) is 17.5. The summed E-state index contributed by atoms with van der Waals surface area (Å²) >= 11 is 0. The van der Waals surface area contributed by atoms with Crippen molar-refractivity contribution >= 4 is 16.8 Å². The molecule has 0 saturated carbocycles.